The Balaban J connectivity index is 3.43. The van der Waals surface area contributed by atoms with Crippen LogP contribution in [-0.4, -0.2) is 33.1 Å². The quantitative estimate of drug-likeness (QED) is 0.247. The number of hydrogen-bond donors (Lipinski definition) is 0. The van der Waals surface area contributed by atoms with Crippen molar-refractivity contribution >= 4 is 5.97 Å². The number of hydrogen-bond acceptors (Lipinski definition) is 4. The van der Waals surface area contributed by atoms with E-state index in [1.165, 1.54) is 20.0 Å². The topological polar surface area (TPSA) is 44.8 Å². The van der Waals surface area contributed by atoms with Gasteiger partial charge in [0.15, 0.2) is 0 Å². The number of carbonyl (C=O) groups excluding carboxylic acids is 1. The summed E-state index contributed by atoms with van der Waals surface area (Å²) >= 11 is 0. The van der Waals surface area contributed by atoms with Crippen LogP contribution in [0.5, 0.6) is 0 Å². The summed E-state index contributed by atoms with van der Waals surface area (Å²) in [6.45, 7) is 8.80. The zero-order chi connectivity index (χ0) is 13.8. The summed E-state index contributed by atoms with van der Waals surface area (Å²) in [7, 11) is 1.53. The molecule has 0 aliphatic carbocycles. The van der Waals surface area contributed by atoms with Crippen LogP contribution in [0.25, 0.3) is 0 Å². The molecular formula is C14H26O4. The SMILES string of the molecule is C=C(COCOC)C(=O)OCCCCCC(C)C. The summed E-state index contributed by atoms with van der Waals surface area (Å²) in [4.78, 5) is 11.4. The summed E-state index contributed by atoms with van der Waals surface area (Å²) in [6.07, 6.45) is 4.42. The maximum atomic E-state index is 11.4. The molecule has 0 bridgehead atoms. The zero-order valence-corrected chi connectivity index (χ0v) is 11.9. The van der Waals surface area contributed by atoms with E-state index in [1.54, 1.807) is 0 Å². The highest BCUT2D eigenvalue weighted by atomic mass is 16.7. The molecule has 0 aliphatic rings. The number of carbonyl (C=O) groups is 1. The smallest absolute Gasteiger partial charge is 0.335 e. The highest BCUT2D eigenvalue weighted by molar-refractivity contribution is 5.87. The Hall–Kier alpha value is -0.870. The number of ether oxygens (including phenoxy) is 3. The number of esters is 1. The molecular weight excluding hydrogens is 232 g/mol. The van der Waals surface area contributed by atoms with Gasteiger partial charge in [-0.05, 0) is 12.3 Å². The van der Waals surface area contributed by atoms with Gasteiger partial charge in [0.2, 0.25) is 0 Å². The average molecular weight is 258 g/mol. The van der Waals surface area contributed by atoms with Gasteiger partial charge in [-0.15, -0.1) is 0 Å². The van der Waals surface area contributed by atoms with Gasteiger partial charge in [0, 0.05) is 7.11 Å². The first-order chi connectivity index (χ1) is 8.57. The van der Waals surface area contributed by atoms with E-state index in [4.69, 9.17) is 14.2 Å². The number of methoxy groups -OCH3 is 1. The van der Waals surface area contributed by atoms with Crippen LogP contribution in [0.4, 0.5) is 0 Å². The number of rotatable bonds is 11. The van der Waals surface area contributed by atoms with Crippen molar-refractivity contribution in [2.45, 2.75) is 39.5 Å². The van der Waals surface area contributed by atoms with E-state index >= 15 is 0 Å². The van der Waals surface area contributed by atoms with E-state index in [1.807, 2.05) is 0 Å². The van der Waals surface area contributed by atoms with Crippen molar-refractivity contribution in [1.82, 2.24) is 0 Å². The lowest BCUT2D eigenvalue weighted by molar-refractivity contribution is -0.140. The molecule has 0 N–H and O–H groups in total. The summed E-state index contributed by atoms with van der Waals surface area (Å²) in [6, 6.07) is 0. The molecule has 4 heteroatoms. The first-order valence-corrected chi connectivity index (χ1v) is 6.49. The lowest BCUT2D eigenvalue weighted by atomic mass is 10.1. The van der Waals surface area contributed by atoms with Gasteiger partial charge in [-0.25, -0.2) is 4.79 Å². The Bertz CT molecular complexity index is 236. The van der Waals surface area contributed by atoms with Gasteiger partial charge >= 0.3 is 5.97 Å². The van der Waals surface area contributed by atoms with Gasteiger partial charge in [-0.2, -0.15) is 0 Å². The fourth-order valence-electron chi connectivity index (χ4n) is 1.41. The standard InChI is InChI=1S/C14H26O4/c1-12(2)8-6-5-7-9-18-14(15)13(3)10-17-11-16-4/h12H,3,5-11H2,1-2,4H3. The molecule has 18 heavy (non-hydrogen) atoms. The molecule has 0 aromatic rings. The van der Waals surface area contributed by atoms with Crippen LogP contribution in [-0.2, 0) is 19.0 Å². The first kappa shape index (κ1) is 17.1. The minimum Gasteiger partial charge on any atom is -0.462 e. The van der Waals surface area contributed by atoms with Crippen LogP contribution >= 0.6 is 0 Å². The lowest BCUT2D eigenvalue weighted by Crippen LogP contribution is -2.13. The fourth-order valence-corrected chi connectivity index (χ4v) is 1.41. The van der Waals surface area contributed by atoms with E-state index in [-0.39, 0.29) is 19.4 Å². The van der Waals surface area contributed by atoms with Crippen LogP contribution in [0, 0.1) is 5.92 Å². The maximum Gasteiger partial charge on any atom is 0.335 e. The van der Waals surface area contributed by atoms with Gasteiger partial charge in [-0.1, -0.05) is 39.7 Å². The molecule has 0 atom stereocenters. The maximum absolute atomic E-state index is 11.4. The predicted molar refractivity (Wildman–Crippen MR) is 71.2 cm³/mol. The third kappa shape index (κ3) is 10.3. The van der Waals surface area contributed by atoms with Crippen LogP contribution in [0.3, 0.4) is 0 Å². The van der Waals surface area contributed by atoms with Crippen LogP contribution in [0.1, 0.15) is 39.5 Å². The molecule has 0 spiro atoms. The third-order valence-corrected chi connectivity index (χ3v) is 2.43. The molecule has 0 fully saturated rings. The van der Waals surface area contributed by atoms with Crippen molar-refractivity contribution < 1.29 is 19.0 Å². The van der Waals surface area contributed by atoms with Crippen molar-refractivity contribution in [3.63, 3.8) is 0 Å². The largest absolute Gasteiger partial charge is 0.462 e. The minimum atomic E-state index is -0.380. The molecule has 4 nitrogen and oxygen atoms in total. The van der Waals surface area contributed by atoms with Crippen LogP contribution in [0.2, 0.25) is 0 Å². The summed E-state index contributed by atoms with van der Waals surface area (Å²) in [5, 5.41) is 0. The minimum absolute atomic E-state index is 0.153. The van der Waals surface area contributed by atoms with E-state index in [9.17, 15) is 4.79 Å². The highest BCUT2D eigenvalue weighted by Gasteiger charge is 2.08. The Morgan fingerprint density at radius 3 is 2.56 bits per heavy atom. The predicted octanol–water partition coefficient (Wildman–Crippen LogP) is 2.92. The molecule has 0 rings (SSSR count). The van der Waals surface area contributed by atoms with Gasteiger partial charge in [0.05, 0.1) is 18.8 Å². The molecule has 0 saturated heterocycles. The molecule has 0 aromatic heterocycles. The molecule has 106 valence electrons. The monoisotopic (exact) mass is 258 g/mol. The second-order valence-corrected chi connectivity index (χ2v) is 4.74. The molecule has 0 aromatic carbocycles. The molecule has 0 aliphatic heterocycles. The fraction of sp³-hybridized carbons (Fsp3) is 0.786. The van der Waals surface area contributed by atoms with Crippen LogP contribution in [0.15, 0.2) is 12.2 Å². The highest BCUT2D eigenvalue weighted by Crippen LogP contribution is 2.08. The first-order valence-electron chi connectivity index (χ1n) is 6.49. The lowest BCUT2D eigenvalue weighted by Gasteiger charge is -2.08. The van der Waals surface area contributed by atoms with E-state index in [0.717, 1.165) is 18.8 Å². The second-order valence-electron chi connectivity index (χ2n) is 4.74. The Morgan fingerprint density at radius 1 is 1.22 bits per heavy atom. The second kappa shape index (κ2) is 11.2. The van der Waals surface area contributed by atoms with Crippen molar-refractivity contribution in [2.24, 2.45) is 5.92 Å². The Labute approximate surface area is 110 Å². The molecule has 0 heterocycles. The zero-order valence-electron chi connectivity index (χ0n) is 11.9. The molecule has 0 saturated carbocycles. The third-order valence-electron chi connectivity index (χ3n) is 2.43. The average Bonchev–Trinajstić information content (AvgIpc) is 2.33. The Morgan fingerprint density at radius 2 is 1.94 bits per heavy atom. The molecule has 0 radical (unpaired) electrons. The van der Waals surface area contributed by atoms with Crippen molar-refractivity contribution in [2.75, 3.05) is 27.1 Å². The van der Waals surface area contributed by atoms with Crippen molar-refractivity contribution in [3.8, 4) is 0 Å². The van der Waals surface area contributed by atoms with Gasteiger partial charge in [0.1, 0.15) is 6.79 Å². The van der Waals surface area contributed by atoms with E-state index in [0.29, 0.717) is 12.2 Å². The van der Waals surface area contributed by atoms with Gasteiger partial charge in [0.25, 0.3) is 0 Å². The summed E-state index contributed by atoms with van der Waals surface area (Å²) < 4.78 is 14.8. The van der Waals surface area contributed by atoms with Gasteiger partial charge < -0.3 is 14.2 Å². The summed E-state index contributed by atoms with van der Waals surface area (Å²) in [5.74, 6) is 0.361. The molecule has 0 unspecified atom stereocenters. The van der Waals surface area contributed by atoms with Gasteiger partial charge in [-0.3, -0.25) is 0 Å². The van der Waals surface area contributed by atoms with Crippen molar-refractivity contribution in [3.05, 3.63) is 12.2 Å². The van der Waals surface area contributed by atoms with Crippen LogP contribution < -0.4 is 0 Å². The van der Waals surface area contributed by atoms with E-state index < -0.39 is 0 Å². The van der Waals surface area contributed by atoms with E-state index in [2.05, 4.69) is 20.4 Å². The molecule has 0 amide bonds. The Kier molecular flexibility index (Phi) is 10.7. The number of unbranched alkanes of at least 4 members (excludes halogenated alkanes) is 2. The van der Waals surface area contributed by atoms with Crippen molar-refractivity contribution in [1.29, 1.82) is 0 Å². The summed E-state index contributed by atoms with van der Waals surface area (Å²) in [5.41, 5.74) is 0.328. The normalized spacial score (nSPS) is 10.7.